The van der Waals surface area contributed by atoms with Crippen LogP contribution in [0.25, 0.3) is 16.9 Å². The third-order valence-electron chi connectivity index (χ3n) is 4.92. The topological polar surface area (TPSA) is 60.1 Å². The van der Waals surface area contributed by atoms with Crippen LogP contribution in [0.5, 0.6) is 0 Å². The Bertz CT molecular complexity index is 950. The van der Waals surface area contributed by atoms with Crippen molar-refractivity contribution in [1.29, 1.82) is 0 Å². The number of hydrogen-bond acceptors (Lipinski definition) is 3. The molecule has 0 radical (unpaired) electrons. The number of nitrogens with zero attached hydrogens (tertiary/aromatic N) is 4. The molecule has 134 valence electrons. The number of hydrogen-bond donors (Lipinski definition) is 0. The molecule has 0 atom stereocenters. The number of carbonyl (C=O) groups excluding carboxylic acids is 1. The molecule has 4 rings (SSSR count). The van der Waals surface area contributed by atoms with E-state index in [-0.39, 0.29) is 11.5 Å². The number of fused-ring (bicyclic) bond motifs is 1. The SMILES string of the molecule is Cn1cc(C(=O)N2CCCCCC2)c2nn(-c3ccccc3)c(=O)c-2c1. The predicted octanol–water partition coefficient (Wildman–Crippen LogP) is 2.69. The van der Waals surface area contributed by atoms with Gasteiger partial charge in [-0.05, 0) is 25.0 Å². The Morgan fingerprint density at radius 2 is 1.69 bits per heavy atom. The average Bonchev–Trinajstić information content (AvgIpc) is 2.85. The maximum absolute atomic E-state index is 13.1. The summed E-state index contributed by atoms with van der Waals surface area (Å²) in [5, 5.41) is 4.51. The Labute approximate surface area is 152 Å². The molecule has 1 saturated heterocycles. The first-order valence-corrected chi connectivity index (χ1v) is 9.09. The number of pyridine rings is 1. The van der Waals surface area contributed by atoms with E-state index in [1.807, 2.05) is 42.3 Å². The van der Waals surface area contributed by atoms with Crippen molar-refractivity contribution in [2.45, 2.75) is 25.7 Å². The van der Waals surface area contributed by atoms with Gasteiger partial charge in [-0.2, -0.15) is 9.78 Å². The standard InChI is InChI=1S/C20H22N4O2/c1-22-13-16(19(25)23-11-7-2-3-8-12-23)18-17(14-22)20(26)24(21-18)15-9-5-4-6-10-15/h4-6,9-10,13-14H,2-3,7-8,11-12H2,1H3. The number of aromatic nitrogens is 3. The van der Waals surface area contributed by atoms with Crippen LogP contribution in [0.15, 0.2) is 47.5 Å². The molecule has 1 fully saturated rings. The Morgan fingerprint density at radius 3 is 2.38 bits per heavy atom. The lowest BCUT2D eigenvalue weighted by Gasteiger charge is -2.21. The smallest absolute Gasteiger partial charge is 0.282 e. The van der Waals surface area contributed by atoms with Crippen LogP contribution in [-0.2, 0) is 7.05 Å². The van der Waals surface area contributed by atoms with Crippen LogP contribution < -0.4 is 5.56 Å². The van der Waals surface area contributed by atoms with E-state index in [4.69, 9.17) is 0 Å². The zero-order chi connectivity index (χ0) is 18.1. The number of rotatable bonds is 2. The Hall–Kier alpha value is -2.89. The van der Waals surface area contributed by atoms with E-state index in [1.165, 1.54) is 4.68 Å². The zero-order valence-electron chi connectivity index (χ0n) is 14.9. The van der Waals surface area contributed by atoms with Crippen molar-refractivity contribution in [1.82, 2.24) is 19.2 Å². The van der Waals surface area contributed by atoms with Gasteiger partial charge < -0.3 is 9.47 Å². The van der Waals surface area contributed by atoms with E-state index in [9.17, 15) is 9.59 Å². The normalized spacial score (nSPS) is 15.2. The van der Waals surface area contributed by atoms with Gasteiger partial charge in [-0.3, -0.25) is 9.59 Å². The Kier molecular flexibility index (Phi) is 4.32. The van der Waals surface area contributed by atoms with Gasteiger partial charge in [-0.25, -0.2) is 0 Å². The molecule has 6 nitrogen and oxygen atoms in total. The number of benzene rings is 1. The molecule has 0 unspecified atom stereocenters. The number of likely N-dealkylation sites (tertiary alicyclic amines) is 1. The summed E-state index contributed by atoms with van der Waals surface area (Å²) in [4.78, 5) is 27.9. The van der Waals surface area contributed by atoms with Crippen molar-refractivity contribution in [3.8, 4) is 16.9 Å². The zero-order valence-corrected chi connectivity index (χ0v) is 14.9. The van der Waals surface area contributed by atoms with Gasteiger partial charge in [0, 0.05) is 32.5 Å². The molecule has 1 aromatic rings. The lowest BCUT2D eigenvalue weighted by Crippen LogP contribution is -2.32. The summed E-state index contributed by atoms with van der Waals surface area (Å²) < 4.78 is 3.15. The fraction of sp³-hybridized carbons (Fsp3) is 0.350. The molecule has 0 aromatic heterocycles. The van der Waals surface area contributed by atoms with Crippen LogP contribution in [-0.4, -0.2) is 38.2 Å². The summed E-state index contributed by atoms with van der Waals surface area (Å²) in [6.45, 7) is 1.53. The van der Waals surface area contributed by atoms with Crippen molar-refractivity contribution in [2.75, 3.05) is 13.1 Å². The van der Waals surface area contributed by atoms with Crippen LogP contribution in [0.2, 0.25) is 0 Å². The quantitative estimate of drug-likeness (QED) is 0.714. The molecule has 0 bridgehead atoms. The number of carbonyl (C=O) groups is 1. The van der Waals surface area contributed by atoms with Crippen LogP contribution >= 0.6 is 0 Å². The van der Waals surface area contributed by atoms with Gasteiger partial charge in [0.1, 0.15) is 5.69 Å². The van der Waals surface area contributed by atoms with Crippen molar-refractivity contribution in [2.24, 2.45) is 7.05 Å². The predicted molar refractivity (Wildman–Crippen MR) is 99.8 cm³/mol. The lowest BCUT2D eigenvalue weighted by molar-refractivity contribution is 0.0761. The first-order valence-electron chi connectivity index (χ1n) is 9.09. The maximum atomic E-state index is 13.1. The van der Waals surface area contributed by atoms with E-state index < -0.39 is 0 Å². The van der Waals surface area contributed by atoms with E-state index in [0.717, 1.165) is 38.8 Å². The molecule has 3 aliphatic rings. The summed E-state index contributed by atoms with van der Waals surface area (Å²) >= 11 is 0. The number of para-hydroxylation sites is 1. The van der Waals surface area contributed by atoms with Crippen molar-refractivity contribution >= 4 is 5.91 Å². The highest BCUT2D eigenvalue weighted by atomic mass is 16.2. The van der Waals surface area contributed by atoms with Crippen LogP contribution in [0.1, 0.15) is 36.0 Å². The van der Waals surface area contributed by atoms with Crippen molar-refractivity contribution in [3.63, 3.8) is 0 Å². The van der Waals surface area contributed by atoms with Crippen LogP contribution in [0.4, 0.5) is 0 Å². The van der Waals surface area contributed by atoms with E-state index >= 15 is 0 Å². The largest absolute Gasteiger partial charge is 0.356 e. The van der Waals surface area contributed by atoms with Gasteiger partial charge in [-0.15, -0.1) is 0 Å². The molecule has 0 spiro atoms. The second kappa shape index (κ2) is 6.78. The Morgan fingerprint density at radius 1 is 1.00 bits per heavy atom. The number of aryl methyl sites for hydroxylation is 1. The molecular formula is C20H22N4O2. The third-order valence-corrected chi connectivity index (χ3v) is 4.92. The third kappa shape index (κ3) is 2.92. The fourth-order valence-corrected chi connectivity index (χ4v) is 3.58. The molecule has 0 saturated carbocycles. The van der Waals surface area contributed by atoms with Crippen molar-refractivity contribution in [3.05, 3.63) is 58.6 Å². The molecular weight excluding hydrogens is 328 g/mol. The monoisotopic (exact) mass is 350 g/mol. The molecule has 3 heterocycles. The minimum Gasteiger partial charge on any atom is -0.356 e. The summed E-state index contributed by atoms with van der Waals surface area (Å²) in [5.41, 5.74) is 1.94. The molecule has 1 amide bonds. The van der Waals surface area contributed by atoms with Gasteiger partial charge >= 0.3 is 0 Å². The first-order chi connectivity index (χ1) is 12.6. The van der Waals surface area contributed by atoms with Crippen LogP contribution in [0, 0.1) is 0 Å². The molecule has 0 aliphatic carbocycles. The number of amides is 1. The highest BCUT2D eigenvalue weighted by Crippen LogP contribution is 2.24. The minimum absolute atomic E-state index is 0.0363. The highest BCUT2D eigenvalue weighted by molar-refractivity contribution is 6.00. The maximum Gasteiger partial charge on any atom is 0.282 e. The molecule has 3 aliphatic heterocycles. The van der Waals surface area contributed by atoms with Gasteiger partial charge in [0.15, 0.2) is 0 Å². The lowest BCUT2D eigenvalue weighted by atomic mass is 10.1. The second-order valence-corrected chi connectivity index (χ2v) is 6.86. The van der Waals surface area contributed by atoms with Gasteiger partial charge in [0.25, 0.3) is 11.5 Å². The van der Waals surface area contributed by atoms with Gasteiger partial charge in [0.05, 0.1) is 16.8 Å². The summed E-state index contributed by atoms with van der Waals surface area (Å²) in [7, 11) is 1.83. The Balaban J connectivity index is 1.82. The summed E-state index contributed by atoms with van der Waals surface area (Å²) in [6.07, 6.45) is 7.89. The minimum atomic E-state index is -0.202. The second-order valence-electron chi connectivity index (χ2n) is 6.86. The molecule has 0 N–H and O–H groups in total. The molecule has 6 heteroatoms. The van der Waals surface area contributed by atoms with E-state index in [2.05, 4.69) is 5.10 Å². The van der Waals surface area contributed by atoms with Crippen molar-refractivity contribution < 1.29 is 4.79 Å². The first kappa shape index (κ1) is 16.6. The average molecular weight is 350 g/mol. The highest BCUT2D eigenvalue weighted by Gasteiger charge is 2.27. The van der Waals surface area contributed by atoms with E-state index in [1.54, 1.807) is 17.0 Å². The van der Waals surface area contributed by atoms with Gasteiger partial charge in [-0.1, -0.05) is 31.0 Å². The van der Waals surface area contributed by atoms with E-state index in [0.29, 0.717) is 22.5 Å². The fourth-order valence-electron chi connectivity index (χ4n) is 3.58. The molecule has 1 aromatic carbocycles. The molecule has 26 heavy (non-hydrogen) atoms. The summed E-state index contributed by atoms with van der Waals surface area (Å²) in [5.74, 6) is -0.0363. The summed E-state index contributed by atoms with van der Waals surface area (Å²) in [6, 6.07) is 9.30. The van der Waals surface area contributed by atoms with Gasteiger partial charge in [0.2, 0.25) is 0 Å². The van der Waals surface area contributed by atoms with Crippen LogP contribution in [0.3, 0.4) is 0 Å².